The van der Waals surface area contributed by atoms with Crippen molar-refractivity contribution in [1.82, 2.24) is 0 Å². The number of hydrogen-bond donors (Lipinski definition) is 0. The molecule has 0 unspecified atom stereocenters. The number of rotatable bonds is 5. The topological polar surface area (TPSA) is 46.6 Å². The fraction of sp³-hybridized carbons (Fsp3) is 0.0526. The van der Waals surface area contributed by atoms with Crippen LogP contribution in [0.25, 0.3) is 6.08 Å². The van der Waals surface area contributed by atoms with Crippen molar-refractivity contribution in [2.45, 2.75) is 0 Å². The second-order valence-electron chi connectivity index (χ2n) is 5.16. The standard InChI is InChI=1S/C19H14ClNO3S/c1-2-11-24-16-9-3-13(4-10-16)12-17-18(22)21(19(23)25-17)15-7-5-14(20)6-8-15/h2-10,12H,1,11H2/b17-12+. The van der Waals surface area contributed by atoms with E-state index in [-0.39, 0.29) is 11.1 Å². The number of ether oxygens (including phenoxy) is 1. The van der Waals surface area contributed by atoms with Crippen LogP contribution in [0.4, 0.5) is 10.5 Å². The second-order valence-corrected chi connectivity index (χ2v) is 6.59. The number of carbonyl (C=O) groups excluding carboxylic acids is 2. The zero-order chi connectivity index (χ0) is 17.8. The van der Waals surface area contributed by atoms with Crippen molar-refractivity contribution in [2.75, 3.05) is 11.5 Å². The Morgan fingerprint density at radius 3 is 2.40 bits per heavy atom. The maximum Gasteiger partial charge on any atom is 0.298 e. The van der Waals surface area contributed by atoms with Crippen molar-refractivity contribution >= 4 is 46.3 Å². The summed E-state index contributed by atoms with van der Waals surface area (Å²) in [6, 6.07) is 13.8. The van der Waals surface area contributed by atoms with Gasteiger partial charge in [-0.1, -0.05) is 36.4 Å². The number of halogens is 1. The molecular formula is C19H14ClNO3S. The average Bonchev–Trinajstić information content (AvgIpc) is 2.89. The summed E-state index contributed by atoms with van der Waals surface area (Å²) >= 11 is 6.77. The van der Waals surface area contributed by atoms with Crippen molar-refractivity contribution in [3.8, 4) is 5.75 Å². The molecule has 0 bridgehead atoms. The summed E-state index contributed by atoms with van der Waals surface area (Å²) in [7, 11) is 0. The third-order valence-electron chi connectivity index (χ3n) is 3.42. The number of thioether (sulfide) groups is 1. The Kier molecular flexibility index (Phi) is 5.26. The number of nitrogens with zero attached hydrogens (tertiary/aromatic N) is 1. The summed E-state index contributed by atoms with van der Waals surface area (Å²) < 4.78 is 5.42. The molecule has 3 rings (SSSR count). The van der Waals surface area contributed by atoms with Crippen LogP contribution in [0.1, 0.15) is 5.56 Å². The van der Waals surface area contributed by atoms with Gasteiger partial charge in [0.05, 0.1) is 10.6 Å². The van der Waals surface area contributed by atoms with Crippen LogP contribution in [-0.4, -0.2) is 17.8 Å². The summed E-state index contributed by atoms with van der Waals surface area (Å²) in [6.07, 6.45) is 3.36. The Balaban J connectivity index is 1.80. The molecule has 4 nitrogen and oxygen atoms in total. The van der Waals surface area contributed by atoms with Crippen LogP contribution in [0.5, 0.6) is 5.75 Å². The van der Waals surface area contributed by atoms with Crippen molar-refractivity contribution in [3.63, 3.8) is 0 Å². The van der Waals surface area contributed by atoms with Gasteiger partial charge in [-0.05, 0) is 59.8 Å². The van der Waals surface area contributed by atoms with Crippen LogP contribution >= 0.6 is 23.4 Å². The molecule has 6 heteroatoms. The van der Waals surface area contributed by atoms with E-state index in [4.69, 9.17) is 16.3 Å². The van der Waals surface area contributed by atoms with Crippen LogP contribution in [-0.2, 0) is 4.79 Å². The molecule has 0 aromatic heterocycles. The molecule has 2 aromatic rings. The highest BCUT2D eigenvalue weighted by atomic mass is 35.5. The van der Waals surface area contributed by atoms with Crippen LogP contribution < -0.4 is 9.64 Å². The maximum absolute atomic E-state index is 12.6. The molecule has 0 aliphatic carbocycles. The van der Waals surface area contributed by atoms with Gasteiger partial charge in [-0.25, -0.2) is 4.90 Å². The normalized spacial score (nSPS) is 15.7. The van der Waals surface area contributed by atoms with E-state index in [1.54, 1.807) is 48.6 Å². The first-order chi connectivity index (χ1) is 12.1. The molecule has 0 N–H and O–H groups in total. The molecule has 1 aliphatic rings. The summed E-state index contributed by atoms with van der Waals surface area (Å²) in [5.41, 5.74) is 1.32. The Bertz CT molecular complexity index is 844. The van der Waals surface area contributed by atoms with E-state index in [0.717, 1.165) is 22.2 Å². The molecule has 2 aromatic carbocycles. The number of benzene rings is 2. The molecular weight excluding hydrogens is 358 g/mol. The number of hydrogen-bond acceptors (Lipinski definition) is 4. The third-order valence-corrected chi connectivity index (χ3v) is 4.55. The lowest BCUT2D eigenvalue weighted by Gasteiger charge is -2.12. The molecule has 1 fully saturated rings. The van der Waals surface area contributed by atoms with Crippen molar-refractivity contribution in [3.05, 3.63) is 76.7 Å². The van der Waals surface area contributed by atoms with Gasteiger partial charge in [-0.15, -0.1) is 0 Å². The Morgan fingerprint density at radius 1 is 1.08 bits per heavy atom. The van der Waals surface area contributed by atoms with E-state index in [0.29, 0.717) is 28.0 Å². The highest BCUT2D eigenvalue weighted by Gasteiger charge is 2.36. The Hall–Kier alpha value is -2.50. The van der Waals surface area contributed by atoms with Crippen LogP contribution in [0.2, 0.25) is 5.02 Å². The summed E-state index contributed by atoms with van der Waals surface area (Å²) in [5, 5.41) is 0.217. The third kappa shape index (κ3) is 3.95. The zero-order valence-corrected chi connectivity index (χ0v) is 14.7. The summed E-state index contributed by atoms with van der Waals surface area (Å²) in [6.45, 7) is 4.03. The molecule has 0 saturated carbocycles. The van der Waals surface area contributed by atoms with Gasteiger partial charge < -0.3 is 4.74 Å². The van der Waals surface area contributed by atoms with E-state index in [2.05, 4.69) is 6.58 Å². The molecule has 1 heterocycles. The quantitative estimate of drug-likeness (QED) is 0.539. The van der Waals surface area contributed by atoms with Gasteiger partial charge in [-0.3, -0.25) is 9.59 Å². The predicted molar refractivity (Wildman–Crippen MR) is 102 cm³/mol. The molecule has 1 saturated heterocycles. The molecule has 126 valence electrons. The van der Waals surface area contributed by atoms with Gasteiger partial charge >= 0.3 is 0 Å². The fourth-order valence-corrected chi connectivity index (χ4v) is 3.21. The number of imide groups is 1. The Labute approximate surface area is 154 Å². The number of carbonyl (C=O) groups is 2. The largest absolute Gasteiger partial charge is 0.490 e. The minimum Gasteiger partial charge on any atom is -0.490 e. The summed E-state index contributed by atoms with van der Waals surface area (Å²) in [5.74, 6) is 0.371. The first-order valence-corrected chi connectivity index (χ1v) is 8.65. The fourth-order valence-electron chi connectivity index (χ4n) is 2.25. The van der Waals surface area contributed by atoms with Crippen LogP contribution in [0.3, 0.4) is 0 Å². The minimum absolute atomic E-state index is 0.329. The van der Waals surface area contributed by atoms with Crippen molar-refractivity contribution in [2.24, 2.45) is 0 Å². The highest BCUT2D eigenvalue weighted by molar-refractivity contribution is 8.19. The van der Waals surface area contributed by atoms with E-state index >= 15 is 0 Å². The monoisotopic (exact) mass is 371 g/mol. The van der Waals surface area contributed by atoms with Crippen LogP contribution in [0, 0.1) is 0 Å². The Morgan fingerprint density at radius 2 is 1.76 bits per heavy atom. The number of anilines is 1. The van der Waals surface area contributed by atoms with Gasteiger partial charge in [0, 0.05) is 5.02 Å². The molecule has 0 spiro atoms. The van der Waals surface area contributed by atoms with Gasteiger partial charge in [0.15, 0.2) is 0 Å². The first-order valence-electron chi connectivity index (χ1n) is 7.46. The smallest absolute Gasteiger partial charge is 0.298 e. The molecule has 0 radical (unpaired) electrons. The van der Waals surface area contributed by atoms with Gasteiger partial charge in [0.25, 0.3) is 11.1 Å². The highest BCUT2D eigenvalue weighted by Crippen LogP contribution is 2.36. The molecule has 25 heavy (non-hydrogen) atoms. The predicted octanol–water partition coefficient (Wildman–Crippen LogP) is 5.15. The lowest BCUT2D eigenvalue weighted by molar-refractivity contribution is -0.113. The van der Waals surface area contributed by atoms with Gasteiger partial charge in [0.1, 0.15) is 12.4 Å². The lowest BCUT2D eigenvalue weighted by Crippen LogP contribution is -2.27. The maximum atomic E-state index is 12.6. The van der Waals surface area contributed by atoms with E-state index < -0.39 is 0 Å². The number of amides is 2. The average molecular weight is 372 g/mol. The first kappa shape index (κ1) is 17.3. The summed E-state index contributed by atoms with van der Waals surface area (Å²) in [4.78, 5) is 26.3. The van der Waals surface area contributed by atoms with E-state index in [1.807, 2.05) is 12.1 Å². The van der Waals surface area contributed by atoms with E-state index in [9.17, 15) is 9.59 Å². The SMILES string of the molecule is C=CCOc1ccc(/C=C2/SC(=O)N(c3ccc(Cl)cc3)C2=O)cc1. The molecule has 2 amide bonds. The van der Waals surface area contributed by atoms with Crippen molar-refractivity contribution < 1.29 is 14.3 Å². The van der Waals surface area contributed by atoms with Crippen LogP contribution in [0.15, 0.2) is 66.1 Å². The van der Waals surface area contributed by atoms with Crippen molar-refractivity contribution in [1.29, 1.82) is 0 Å². The lowest BCUT2D eigenvalue weighted by atomic mass is 10.2. The van der Waals surface area contributed by atoms with E-state index in [1.165, 1.54) is 0 Å². The van der Waals surface area contributed by atoms with Gasteiger partial charge in [0.2, 0.25) is 0 Å². The molecule has 1 aliphatic heterocycles. The minimum atomic E-state index is -0.343. The molecule has 0 atom stereocenters. The van der Waals surface area contributed by atoms with Gasteiger partial charge in [-0.2, -0.15) is 0 Å². The zero-order valence-electron chi connectivity index (χ0n) is 13.1. The second kappa shape index (κ2) is 7.59.